The molecule has 0 saturated carbocycles. The van der Waals surface area contributed by atoms with Crippen LogP contribution in [0.1, 0.15) is 16.7 Å². The van der Waals surface area contributed by atoms with E-state index >= 15 is 0 Å². The number of benzene rings is 2. The molecule has 0 aliphatic carbocycles. The van der Waals surface area contributed by atoms with Crippen LogP contribution in [-0.4, -0.2) is 4.86 Å². The molecule has 1 nitrogen and oxygen atoms in total. The van der Waals surface area contributed by atoms with Gasteiger partial charge in [-0.2, -0.15) is 0 Å². The van der Waals surface area contributed by atoms with E-state index in [-0.39, 0.29) is 0 Å². The van der Waals surface area contributed by atoms with Gasteiger partial charge in [0, 0.05) is 16.3 Å². The highest BCUT2D eigenvalue weighted by Crippen LogP contribution is 2.23. The molecule has 3 heteroatoms. The third kappa shape index (κ3) is 2.48. The highest BCUT2D eigenvalue weighted by atomic mass is 35.5. The fourth-order valence-corrected chi connectivity index (χ4v) is 2.28. The van der Waals surface area contributed by atoms with E-state index in [1.807, 2.05) is 37.3 Å². The van der Waals surface area contributed by atoms with E-state index < -0.39 is 0 Å². The van der Waals surface area contributed by atoms with E-state index in [9.17, 15) is 0 Å². The Morgan fingerprint density at radius 1 is 1.12 bits per heavy atom. The Morgan fingerprint density at radius 3 is 2.53 bits per heavy atom. The van der Waals surface area contributed by atoms with Gasteiger partial charge < -0.3 is 5.73 Å². The summed E-state index contributed by atoms with van der Waals surface area (Å²) in [4.78, 5) is 0.739. The topological polar surface area (TPSA) is 26.0 Å². The van der Waals surface area contributed by atoms with Crippen LogP contribution in [-0.2, 0) is 0 Å². The molecule has 2 aromatic rings. The van der Waals surface area contributed by atoms with Crippen molar-refractivity contribution in [1.82, 2.24) is 0 Å². The van der Waals surface area contributed by atoms with Crippen LogP contribution in [0.4, 0.5) is 5.69 Å². The predicted octanol–water partition coefficient (Wildman–Crippen LogP) is 4.00. The molecule has 2 N–H and O–H groups in total. The smallest absolute Gasteiger partial charge is 0.0545 e. The van der Waals surface area contributed by atoms with E-state index in [1.165, 1.54) is 0 Å². The third-order valence-corrected chi connectivity index (χ3v) is 3.32. The maximum absolute atomic E-state index is 5.97. The molecule has 17 heavy (non-hydrogen) atoms. The molecule has 0 amide bonds. The molecule has 0 aliphatic rings. The molecule has 0 bridgehead atoms. The lowest BCUT2D eigenvalue weighted by atomic mass is 9.99. The van der Waals surface area contributed by atoms with Crippen molar-refractivity contribution in [2.24, 2.45) is 0 Å². The second kappa shape index (κ2) is 4.86. The van der Waals surface area contributed by atoms with Gasteiger partial charge in [-0.15, -0.1) is 0 Å². The summed E-state index contributed by atoms with van der Waals surface area (Å²) < 4.78 is 0. The van der Waals surface area contributed by atoms with Gasteiger partial charge in [0.1, 0.15) is 0 Å². The number of hydrogen-bond acceptors (Lipinski definition) is 2. The second-order valence-electron chi connectivity index (χ2n) is 3.88. The summed E-state index contributed by atoms with van der Waals surface area (Å²) in [6.07, 6.45) is 0. The van der Waals surface area contributed by atoms with Gasteiger partial charge in [0.25, 0.3) is 0 Å². The molecular weight excluding hydrogens is 250 g/mol. The SMILES string of the molecule is Cc1ccccc1C(=S)c1cc(Cl)ccc1N. The maximum atomic E-state index is 5.97. The quantitative estimate of drug-likeness (QED) is 0.502. The van der Waals surface area contributed by atoms with Crippen LogP contribution in [0.15, 0.2) is 42.5 Å². The molecule has 86 valence electrons. The minimum absolute atomic E-state index is 0.644. The Kier molecular flexibility index (Phi) is 3.46. The van der Waals surface area contributed by atoms with Gasteiger partial charge in [0.05, 0.1) is 4.86 Å². The van der Waals surface area contributed by atoms with Crippen LogP contribution in [0.25, 0.3) is 0 Å². The zero-order valence-electron chi connectivity index (χ0n) is 9.41. The predicted molar refractivity (Wildman–Crippen MR) is 77.8 cm³/mol. The molecule has 0 spiro atoms. The van der Waals surface area contributed by atoms with Crippen LogP contribution in [0.5, 0.6) is 0 Å². The summed E-state index contributed by atoms with van der Waals surface area (Å²) in [6.45, 7) is 2.03. The molecule has 0 heterocycles. The number of nitrogen functional groups attached to an aromatic ring is 1. The van der Waals surface area contributed by atoms with Gasteiger partial charge in [-0.3, -0.25) is 0 Å². The van der Waals surface area contributed by atoms with Crippen molar-refractivity contribution in [2.45, 2.75) is 6.92 Å². The summed E-state index contributed by atoms with van der Waals surface area (Å²) in [7, 11) is 0. The highest BCUT2D eigenvalue weighted by molar-refractivity contribution is 7.81. The first-order valence-corrected chi connectivity index (χ1v) is 6.03. The molecule has 0 aromatic heterocycles. The van der Waals surface area contributed by atoms with Crippen molar-refractivity contribution in [1.29, 1.82) is 0 Å². The number of hydrogen-bond donors (Lipinski definition) is 1. The first kappa shape index (κ1) is 12.1. The first-order chi connectivity index (χ1) is 8.09. The Bertz CT molecular complexity index is 578. The average molecular weight is 262 g/mol. The number of nitrogens with two attached hydrogens (primary N) is 1. The van der Waals surface area contributed by atoms with Crippen molar-refractivity contribution >= 4 is 34.4 Å². The van der Waals surface area contributed by atoms with Crippen LogP contribution in [0, 0.1) is 6.92 Å². The normalized spacial score (nSPS) is 10.2. The van der Waals surface area contributed by atoms with Gasteiger partial charge in [-0.05, 0) is 36.2 Å². The van der Waals surface area contributed by atoms with Crippen LogP contribution in [0.3, 0.4) is 0 Å². The monoisotopic (exact) mass is 261 g/mol. The maximum Gasteiger partial charge on any atom is 0.0545 e. The Labute approximate surface area is 111 Å². The minimum atomic E-state index is 0.644. The first-order valence-electron chi connectivity index (χ1n) is 5.25. The molecule has 0 aliphatic heterocycles. The van der Waals surface area contributed by atoms with Crippen LogP contribution < -0.4 is 5.73 Å². The summed E-state index contributed by atoms with van der Waals surface area (Å²) in [5, 5.41) is 0.644. The van der Waals surface area contributed by atoms with Crippen molar-refractivity contribution < 1.29 is 0 Å². The molecule has 0 saturated heterocycles. The minimum Gasteiger partial charge on any atom is -0.398 e. The summed E-state index contributed by atoms with van der Waals surface area (Å²) in [5.74, 6) is 0. The van der Waals surface area contributed by atoms with Crippen LogP contribution in [0.2, 0.25) is 5.02 Å². The Hall–Kier alpha value is -1.38. The van der Waals surface area contributed by atoms with E-state index in [1.54, 1.807) is 12.1 Å². The lowest BCUT2D eigenvalue weighted by Crippen LogP contribution is -2.05. The fourth-order valence-electron chi connectivity index (χ4n) is 1.70. The summed E-state index contributed by atoms with van der Waals surface area (Å²) in [6, 6.07) is 13.3. The van der Waals surface area contributed by atoms with E-state index in [0.717, 1.165) is 21.6 Å². The molecule has 0 radical (unpaired) electrons. The van der Waals surface area contributed by atoms with Gasteiger partial charge in [0.2, 0.25) is 0 Å². The standard InChI is InChI=1S/C14H12ClNS/c1-9-4-2-3-5-11(9)14(17)12-8-10(15)6-7-13(12)16/h2-8H,16H2,1H3. The second-order valence-corrected chi connectivity index (χ2v) is 4.72. The number of thiocarbonyl (C=S) groups is 1. The van der Waals surface area contributed by atoms with Crippen LogP contribution >= 0.6 is 23.8 Å². The lowest BCUT2D eigenvalue weighted by Gasteiger charge is -2.10. The zero-order chi connectivity index (χ0) is 12.4. The molecule has 2 aromatic carbocycles. The van der Waals surface area contributed by atoms with Gasteiger partial charge in [-0.1, -0.05) is 48.1 Å². The third-order valence-electron chi connectivity index (χ3n) is 2.65. The van der Waals surface area contributed by atoms with E-state index in [4.69, 9.17) is 29.6 Å². The summed E-state index contributed by atoms with van der Waals surface area (Å²) in [5.41, 5.74) is 9.57. The van der Waals surface area contributed by atoms with Crippen molar-refractivity contribution in [3.63, 3.8) is 0 Å². The van der Waals surface area contributed by atoms with Gasteiger partial charge in [-0.25, -0.2) is 0 Å². The number of aryl methyl sites for hydroxylation is 1. The fraction of sp³-hybridized carbons (Fsp3) is 0.0714. The van der Waals surface area contributed by atoms with E-state index in [0.29, 0.717) is 10.7 Å². The van der Waals surface area contributed by atoms with Gasteiger partial charge >= 0.3 is 0 Å². The molecular formula is C14H12ClNS. The zero-order valence-corrected chi connectivity index (χ0v) is 11.0. The largest absolute Gasteiger partial charge is 0.398 e. The molecule has 0 fully saturated rings. The summed E-state index contributed by atoms with van der Waals surface area (Å²) >= 11 is 11.5. The number of rotatable bonds is 2. The molecule has 0 unspecified atom stereocenters. The Morgan fingerprint density at radius 2 is 1.82 bits per heavy atom. The highest BCUT2D eigenvalue weighted by Gasteiger charge is 2.10. The average Bonchev–Trinajstić information content (AvgIpc) is 2.32. The molecule has 0 atom stereocenters. The van der Waals surface area contributed by atoms with Crippen molar-refractivity contribution in [3.05, 3.63) is 64.2 Å². The van der Waals surface area contributed by atoms with E-state index in [2.05, 4.69) is 0 Å². The van der Waals surface area contributed by atoms with Crippen molar-refractivity contribution in [2.75, 3.05) is 5.73 Å². The lowest BCUT2D eigenvalue weighted by molar-refractivity contribution is 1.44. The van der Waals surface area contributed by atoms with Gasteiger partial charge in [0.15, 0.2) is 0 Å². The Balaban J connectivity index is 2.51. The molecule has 2 rings (SSSR count). The number of halogens is 1. The van der Waals surface area contributed by atoms with Crippen molar-refractivity contribution in [3.8, 4) is 0 Å². The number of anilines is 1.